The summed E-state index contributed by atoms with van der Waals surface area (Å²) in [5.41, 5.74) is 0. The van der Waals surface area contributed by atoms with Gasteiger partial charge in [-0.1, -0.05) is 0 Å². The van der Waals surface area contributed by atoms with Gasteiger partial charge in [0.05, 0.1) is 13.2 Å². The van der Waals surface area contributed by atoms with Crippen molar-refractivity contribution in [3.63, 3.8) is 0 Å². The summed E-state index contributed by atoms with van der Waals surface area (Å²) in [6, 6.07) is 0. The molecule has 2 rings (SSSR count). The Labute approximate surface area is 119 Å². The fourth-order valence-corrected chi connectivity index (χ4v) is 2.35. The molecule has 0 aromatic heterocycles. The quantitative estimate of drug-likeness (QED) is 0.267. The third-order valence-electron chi connectivity index (χ3n) is 3.63. The van der Waals surface area contributed by atoms with Crippen LogP contribution in [0.15, 0.2) is 0 Å². The van der Waals surface area contributed by atoms with E-state index in [1.54, 1.807) is 0 Å². The zero-order valence-electron chi connectivity index (χ0n) is 11.0. The highest BCUT2D eigenvalue weighted by molar-refractivity contribution is 4.92. The first kappa shape index (κ1) is 17.0. The van der Waals surface area contributed by atoms with Crippen LogP contribution in [0.1, 0.15) is 0 Å². The van der Waals surface area contributed by atoms with Crippen molar-refractivity contribution in [1.82, 2.24) is 0 Å². The van der Waals surface area contributed by atoms with Gasteiger partial charge in [0.25, 0.3) is 0 Å². The topological polar surface area (TPSA) is 169 Å². The number of rotatable bonds is 4. The number of ether oxygens (including phenoxy) is 3. The van der Waals surface area contributed by atoms with Crippen molar-refractivity contribution >= 4 is 0 Å². The minimum absolute atomic E-state index is 0.549. The van der Waals surface area contributed by atoms with Gasteiger partial charge in [-0.2, -0.15) is 0 Å². The van der Waals surface area contributed by atoms with Crippen LogP contribution in [0.25, 0.3) is 0 Å². The van der Waals surface area contributed by atoms with Gasteiger partial charge in [-0.15, -0.1) is 0 Å². The lowest BCUT2D eigenvalue weighted by molar-refractivity contribution is -0.324. The molecule has 0 aromatic rings. The van der Waals surface area contributed by atoms with E-state index in [9.17, 15) is 25.5 Å². The second-order valence-corrected chi connectivity index (χ2v) is 5.04. The summed E-state index contributed by atoms with van der Waals surface area (Å²) in [6.07, 6.45) is -12.8. The first-order chi connectivity index (χ1) is 9.90. The van der Waals surface area contributed by atoms with Crippen molar-refractivity contribution in [3.8, 4) is 0 Å². The van der Waals surface area contributed by atoms with Gasteiger partial charge in [0.15, 0.2) is 12.6 Å². The highest BCUT2D eigenvalue weighted by atomic mass is 16.7. The van der Waals surface area contributed by atoms with E-state index < -0.39 is 68.5 Å². The van der Waals surface area contributed by atoms with Crippen LogP contribution in [0.2, 0.25) is 0 Å². The van der Waals surface area contributed by atoms with Gasteiger partial charge in [-0.05, 0) is 0 Å². The highest BCUT2D eigenvalue weighted by Gasteiger charge is 2.49. The molecule has 21 heavy (non-hydrogen) atoms. The van der Waals surface area contributed by atoms with Gasteiger partial charge in [0.1, 0.15) is 42.7 Å². The summed E-state index contributed by atoms with van der Waals surface area (Å²) >= 11 is 0. The SMILES string of the molecule is OC[C@@H]1O[C@@H](O[C@H]2[C@H](O)[C@@H](CO)O[C@@H]2O)[C@@H](O)[C@H](O)[C@@H]1O. The molecule has 124 valence electrons. The van der Waals surface area contributed by atoms with Gasteiger partial charge in [0.2, 0.25) is 0 Å². The van der Waals surface area contributed by atoms with E-state index in [1.165, 1.54) is 0 Å². The van der Waals surface area contributed by atoms with Crippen molar-refractivity contribution in [2.75, 3.05) is 13.2 Å². The van der Waals surface area contributed by atoms with Crippen LogP contribution in [-0.4, -0.2) is 104 Å². The standard InChI is InChI=1S/C11H20O10/c12-1-3-5(14)7(16)8(17)11(20-3)21-9-6(15)4(2-13)19-10(9)18/h3-18H,1-2H2/t3-,4+,5+,6+,7+,8-,9-,10-,11-/m0/s1. The summed E-state index contributed by atoms with van der Waals surface area (Å²) in [6.45, 7) is -1.18. The molecule has 0 spiro atoms. The van der Waals surface area contributed by atoms with E-state index in [0.717, 1.165) is 0 Å². The van der Waals surface area contributed by atoms with E-state index in [1.807, 2.05) is 0 Å². The van der Waals surface area contributed by atoms with Crippen molar-refractivity contribution in [2.24, 2.45) is 0 Å². The molecule has 0 aliphatic carbocycles. The molecule has 7 N–H and O–H groups in total. The van der Waals surface area contributed by atoms with E-state index >= 15 is 0 Å². The fourth-order valence-electron chi connectivity index (χ4n) is 2.35. The highest BCUT2D eigenvalue weighted by Crippen LogP contribution is 2.28. The molecule has 10 heteroatoms. The normalized spacial score (nSPS) is 51.3. The van der Waals surface area contributed by atoms with Crippen LogP contribution < -0.4 is 0 Å². The van der Waals surface area contributed by atoms with Crippen LogP contribution in [-0.2, 0) is 14.2 Å². The van der Waals surface area contributed by atoms with E-state index in [0.29, 0.717) is 0 Å². The van der Waals surface area contributed by atoms with E-state index in [4.69, 9.17) is 24.4 Å². The third-order valence-corrected chi connectivity index (χ3v) is 3.63. The molecule has 2 aliphatic heterocycles. The monoisotopic (exact) mass is 312 g/mol. The molecule has 0 aromatic carbocycles. The summed E-state index contributed by atoms with van der Waals surface area (Å²) in [4.78, 5) is 0. The van der Waals surface area contributed by atoms with E-state index in [2.05, 4.69) is 0 Å². The molecule has 0 amide bonds. The van der Waals surface area contributed by atoms with Gasteiger partial charge < -0.3 is 50.0 Å². The Morgan fingerprint density at radius 1 is 0.714 bits per heavy atom. The third kappa shape index (κ3) is 3.19. The second kappa shape index (κ2) is 6.79. The Bertz CT molecular complexity index is 339. The lowest BCUT2D eigenvalue weighted by Gasteiger charge is -2.40. The Hall–Kier alpha value is -0.400. The zero-order valence-corrected chi connectivity index (χ0v) is 11.0. The summed E-state index contributed by atoms with van der Waals surface area (Å²) in [7, 11) is 0. The molecule has 2 heterocycles. The molecule has 2 saturated heterocycles. The molecule has 0 saturated carbocycles. The smallest absolute Gasteiger partial charge is 0.187 e. The van der Waals surface area contributed by atoms with Crippen molar-refractivity contribution in [2.45, 2.75) is 55.3 Å². The van der Waals surface area contributed by atoms with Crippen LogP contribution in [0, 0.1) is 0 Å². The molecule has 2 aliphatic rings. The lowest BCUT2D eigenvalue weighted by atomic mass is 9.99. The average molecular weight is 312 g/mol. The molecule has 0 bridgehead atoms. The van der Waals surface area contributed by atoms with Gasteiger partial charge >= 0.3 is 0 Å². The van der Waals surface area contributed by atoms with Gasteiger partial charge in [0, 0.05) is 0 Å². The summed E-state index contributed by atoms with van der Waals surface area (Å²) in [5.74, 6) is 0. The molecule has 0 radical (unpaired) electrons. The molecule has 9 atom stereocenters. The molecule has 0 unspecified atom stereocenters. The Morgan fingerprint density at radius 3 is 1.81 bits per heavy atom. The zero-order chi connectivity index (χ0) is 15.7. The average Bonchev–Trinajstić information content (AvgIpc) is 2.74. The Kier molecular flexibility index (Phi) is 5.48. The van der Waals surface area contributed by atoms with Crippen LogP contribution in [0.3, 0.4) is 0 Å². The van der Waals surface area contributed by atoms with Crippen molar-refractivity contribution < 1.29 is 50.0 Å². The maximum atomic E-state index is 9.81. The minimum Gasteiger partial charge on any atom is -0.394 e. The number of hydrogen-bond donors (Lipinski definition) is 7. The fraction of sp³-hybridized carbons (Fsp3) is 1.00. The maximum Gasteiger partial charge on any atom is 0.187 e. The van der Waals surface area contributed by atoms with Gasteiger partial charge in [-0.25, -0.2) is 0 Å². The predicted molar refractivity (Wildman–Crippen MR) is 62.6 cm³/mol. The van der Waals surface area contributed by atoms with Crippen molar-refractivity contribution in [3.05, 3.63) is 0 Å². The molecular formula is C11H20O10. The predicted octanol–water partition coefficient (Wildman–Crippen LogP) is -4.76. The first-order valence-electron chi connectivity index (χ1n) is 6.49. The van der Waals surface area contributed by atoms with Crippen LogP contribution in [0.4, 0.5) is 0 Å². The second-order valence-electron chi connectivity index (χ2n) is 5.04. The summed E-state index contributed by atoms with van der Waals surface area (Å²) < 4.78 is 15.1. The Balaban J connectivity index is 2.04. The maximum absolute atomic E-state index is 9.81. The minimum atomic E-state index is -1.66. The van der Waals surface area contributed by atoms with Gasteiger partial charge in [-0.3, -0.25) is 0 Å². The van der Waals surface area contributed by atoms with Crippen LogP contribution in [0.5, 0.6) is 0 Å². The number of hydrogen-bond acceptors (Lipinski definition) is 10. The number of aliphatic hydroxyl groups is 7. The van der Waals surface area contributed by atoms with Crippen LogP contribution >= 0.6 is 0 Å². The Morgan fingerprint density at radius 2 is 1.29 bits per heavy atom. The summed E-state index contributed by atoms with van der Waals surface area (Å²) in [5, 5.41) is 66.4. The molecular weight excluding hydrogens is 292 g/mol. The lowest BCUT2D eigenvalue weighted by Crippen LogP contribution is -2.60. The van der Waals surface area contributed by atoms with E-state index in [-0.39, 0.29) is 0 Å². The molecule has 2 fully saturated rings. The first-order valence-corrected chi connectivity index (χ1v) is 6.49. The van der Waals surface area contributed by atoms with Crippen molar-refractivity contribution in [1.29, 1.82) is 0 Å². The largest absolute Gasteiger partial charge is 0.394 e. The molecule has 10 nitrogen and oxygen atoms in total. The number of aliphatic hydroxyl groups excluding tert-OH is 7.